The highest BCUT2D eigenvalue weighted by Gasteiger charge is 2.20. The summed E-state index contributed by atoms with van der Waals surface area (Å²) in [5, 5.41) is 11.2. The standard InChI is InChI=1S/C22H27N7S/c1-6-29-20(9-18(27-29)22(3,4)5)26-21-24-11-17(13-30-21)16-7-8-19(23-10-16)28-12-15(2)25-14-28/h7-10,12-14H,6,11H2,1-5H3,(H,24,26). The molecule has 1 N–H and O–H groups in total. The number of aryl methyl sites for hydroxylation is 2. The summed E-state index contributed by atoms with van der Waals surface area (Å²) < 4.78 is 3.91. The van der Waals surface area contributed by atoms with E-state index < -0.39 is 0 Å². The van der Waals surface area contributed by atoms with Crippen LogP contribution in [0.2, 0.25) is 0 Å². The van der Waals surface area contributed by atoms with E-state index in [-0.39, 0.29) is 5.41 Å². The van der Waals surface area contributed by atoms with Crippen LogP contribution in [0.4, 0.5) is 5.82 Å². The highest BCUT2D eigenvalue weighted by atomic mass is 32.2. The van der Waals surface area contributed by atoms with E-state index in [0.29, 0.717) is 6.54 Å². The van der Waals surface area contributed by atoms with Crippen molar-refractivity contribution in [2.45, 2.75) is 46.6 Å². The lowest BCUT2D eigenvalue weighted by Gasteiger charge is -2.15. The summed E-state index contributed by atoms with van der Waals surface area (Å²) in [7, 11) is 0. The fraction of sp³-hybridized carbons (Fsp3) is 0.364. The second kappa shape index (κ2) is 8.10. The predicted octanol–water partition coefficient (Wildman–Crippen LogP) is 4.65. The molecule has 0 radical (unpaired) electrons. The Balaban J connectivity index is 1.44. The lowest BCUT2D eigenvalue weighted by atomic mass is 9.92. The maximum atomic E-state index is 4.73. The van der Waals surface area contributed by atoms with Gasteiger partial charge in [-0.15, -0.1) is 0 Å². The molecule has 1 aliphatic rings. The molecule has 3 aromatic heterocycles. The average Bonchev–Trinajstić information content (AvgIpc) is 3.35. The normalized spacial score (nSPS) is 14.4. The van der Waals surface area contributed by atoms with Crippen LogP contribution in [0.3, 0.4) is 0 Å². The van der Waals surface area contributed by atoms with E-state index in [1.54, 1.807) is 18.1 Å². The van der Waals surface area contributed by atoms with Crippen molar-refractivity contribution in [3.8, 4) is 5.82 Å². The Morgan fingerprint density at radius 2 is 2.03 bits per heavy atom. The van der Waals surface area contributed by atoms with E-state index in [1.807, 2.05) is 34.6 Å². The number of nitrogens with zero attached hydrogens (tertiary/aromatic N) is 6. The Labute approximate surface area is 181 Å². The fourth-order valence-corrected chi connectivity index (χ4v) is 3.86. The van der Waals surface area contributed by atoms with Crippen LogP contribution in [0, 0.1) is 6.92 Å². The number of thioether (sulfide) groups is 1. The van der Waals surface area contributed by atoms with Gasteiger partial charge in [-0.25, -0.2) is 14.6 Å². The highest BCUT2D eigenvalue weighted by molar-refractivity contribution is 8.16. The molecule has 0 saturated heterocycles. The first-order valence-corrected chi connectivity index (χ1v) is 10.9. The first-order valence-electron chi connectivity index (χ1n) is 10.1. The minimum absolute atomic E-state index is 0.0139. The summed E-state index contributed by atoms with van der Waals surface area (Å²) in [6.07, 6.45) is 5.64. The van der Waals surface area contributed by atoms with Gasteiger partial charge >= 0.3 is 0 Å². The van der Waals surface area contributed by atoms with E-state index in [4.69, 9.17) is 10.1 Å². The molecule has 30 heavy (non-hydrogen) atoms. The van der Waals surface area contributed by atoms with E-state index in [1.165, 1.54) is 0 Å². The number of amidine groups is 1. The number of hydrogen-bond acceptors (Lipinski definition) is 6. The van der Waals surface area contributed by atoms with Crippen LogP contribution in [-0.4, -0.2) is 36.0 Å². The zero-order chi connectivity index (χ0) is 21.3. The van der Waals surface area contributed by atoms with Crippen LogP contribution in [0.15, 0.2) is 47.3 Å². The molecule has 3 aromatic rings. The third-order valence-electron chi connectivity index (χ3n) is 4.88. The molecule has 8 heteroatoms. The molecule has 1 aliphatic heterocycles. The number of anilines is 1. The Morgan fingerprint density at radius 3 is 2.60 bits per heavy atom. The quantitative estimate of drug-likeness (QED) is 0.664. The second-order valence-corrected chi connectivity index (χ2v) is 9.17. The molecule has 0 aromatic carbocycles. The largest absolute Gasteiger partial charge is 0.320 e. The van der Waals surface area contributed by atoms with Gasteiger partial charge in [0.1, 0.15) is 18.0 Å². The predicted molar refractivity (Wildman–Crippen MR) is 124 cm³/mol. The van der Waals surface area contributed by atoms with Gasteiger partial charge in [0.15, 0.2) is 5.17 Å². The summed E-state index contributed by atoms with van der Waals surface area (Å²) in [6, 6.07) is 6.21. The number of nitrogens with one attached hydrogen (secondary N) is 1. The fourth-order valence-electron chi connectivity index (χ4n) is 3.10. The molecule has 0 fully saturated rings. The Hall–Kier alpha value is -2.87. The maximum absolute atomic E-state index is 4.73. The van der Waals surface area contributed by atoms with Gasteiger partial charge in [-0.3, -0.25) is 9.56 Å². The topological polar surface area (TPSA) is 72.9 Å². The summed E-state index contributed by atoms with van der Waals surface area (Å²) in [5.74, 6) is 1.84. The molecule has 156 valence electrons. The van der Waals surface area contributed by atoms with E-state index >= 15 is 0 Å². The molecule has 4 heterocycles. The van der Waals surface area contributed by atoms with E-state index in [0.717, 1.165) is 45.9 Å². The van der Waals surface area contributed by atoms with Crippen LogP contribution < -0.4 is 5.32 Å². The molecule has 0 amide bonds. The third kappa shape index (κ3) is 4.33. The van der Waals surface area contributed by atoms with Gasteiger partial charge in [0.25, 0.3) is 0 Å². The van der Waals surface area contributed by atoms with Crippen molar-refractivity contribution in [2.24, 2.45) is 4.99 Å². The van der Waals surface area contributed by atoms with Crippen molar-refractivity contribution >= 4 is 28.3 Å². The molecule has 0 unspecified atom stereocenters. The van der Waals surface area contributed by atoms with Gasteiger partial charge in [0.05, 0.1) is 17.9 Å². The maximum Gasteiger partial charge on any atom is 0.166 e. The molecule has 0 saturated carbocycles. The SMILES string of the molecule is CCn1nc(C(C)(C)C)cc1NC1=NCC(c2ccc(-n3cnc(C)c3)nc2)=CS1. The molecule has 0 aliphatic carbocycles. The number of hydrogen-bond donors (Lipinski definition) is 1. The number of imidazole rings is 1. The van der Waals surface area contributed by atoms with Crippen molar-refractivity contribution in [3.05, 3.63) is 59.3 Å². The molecule has 7 nitrogen and oxygen atoms in total. The Bertz CT molecular complexity index is 1100. The zero-order valence-corrected chi connectivity index (χ0v) is 18.9. The minimum Gasteiger partial charge on any atom is -0.320 e. The van der Waals surface area contributed by atoms with Crippen LogP contribution in [0.5, 0.6) is 0 Å². The minimum atomic E-state index is 0.0139. The Kier molecular flexibility index (Phi) is 5.51. The van der Waals surface area contributed by atoms with Gasteiger partial charge < -0.3 is 5.32 Å². The average molecular weight is 422 g/mol. The molecular formula is C22H27N7S. The number of aliphatic imine (C=N–C) groups is 1. The van der Waals surface area contributed by atoms with Crippen molar-refractivity contribution in [1.29, 1.82) is 0 Å². The van der Waals surface area contributed by atoms with E-state index in [9.17, 15) is 0 Å². The smallest absolute Gasteiger partial charge is 0.166 e. The molecule has 0 bridgehead atoms. The molecule has 4 rings (SSSR count). The van der Waals surface area contributed by atoms with Crippen molar-refractivity contribution in [2.75, 3.05) is 11.9 Å². The zero-order valence-electron chi connectivity index (χ0n) is 18.0. The van der Waals surface area contributed by atoms with E-state index in [2.05, 4.69) is 60.5 Å². The van der Waals surface area contributed by atoms with Crippen molar-refractivity contribution in [3.63, 3.8) is 0 Å². The lowest BCUT2D eigenvalue weighted by molar-refractivity contribution is 0.542. The highest BCUT2D eigenvalue weighted by Crippen LogP contribution is 2.28. The van der Waals surface area contributed by atoms with Crippen molar-refractivity contribution < 1.29 is 0 Å². The second-order valence-electron chi connectivity index (χ2n) is 8.32. The van der Waals surface area contributed by atoms with Crippen molar-refractivity contribution in [1.82, 2.24) is 24.3 Å². The monoisotopic (exact) mass is 421 g/mol. The number of pyridine rings is 1. The van der Waals surface area contributed by atoms with Gasteiger partial charge in [0.2, 0.25) is 0 Å². The van der Waals surface area contributed by atoms with Crippen LogP contribution in [0.25, 0.3) is 11.4 Å². The van der Waals surface area contributed by atoms with Gasteiger partial charge in [-0.05, 0) is 42.5 Å². The lowest BCUT2D eigenvalue weighted by Crippen LogP contribution is -2.15. The Morgan fingerprint density at radius 1 is 1.20 bits per heavy atom. The molecule has 0 atom stereocenters. The van der Waals surface area contributed by atoms with Gasteiger partial charge in [0, 0.05) is 30.4 Å². The summed E-state index contributed by atoms with van der Waals surface area (Å²) in [4.78, 5) is 13.6. The first kappa shape index (κ1) is 20.4. The first-order chi connectivity index (χ1) is 14.3. The summed E-state index contributed by atoms with van der Waals surface area (Å²) in [5.41, 5.74) is 4.30. The number of rotatable bonds is 4. The van der Waals surface area contributed by atoms with Gasteiger partial charge in [-0.1, -0.05) is 32.5 Å². The molecular weight excluding hydrogens is 394 g/mol. The van der Waals surface area contributed by atoms with Crippen LogP contribution >= 0.6 is 11.8 Å². The number of aromatic nitrogens is 5. The summed E-state index contributed by atoms with van der Waals surface area (Å²) in [6.45, 7) is 12.0. The van der Waals surface area contributed by atoms with Gasteiger partial charge in [-0.2, -0.15) is 5.10 Å². The molecule has 0 spiro atoms. The summed E-state index contributed by atoms with van der Waals surface area (Å²) >= 11 is 1.59. The van der Waals surface area contributed by atoms with Crippen LogP contribution in [0.1, 0.15) is 44.6 Å². The van der Waals surface area contributed by atoms with Crippen LogP contribution in [-0.2, 0) is 12.0 Å². The third-order valence-corrected chi connectivity index (χ3v) is 5.74.